The van der Waals surface area contributed by atoms with Gasteiger partial charge in [-0.2, -0.15) is 0 Å². The molecule has 1 aromatic rings. The van der Waals surface area contributed by atoms with E-state index in [1.54, 1.807) is 19.1 Å². The number of nitrogens with two attached hydrogens (primary N) is 1. The van der Waals surface area contributed by atoms with Crippen LogP contribution in [0.4, 0.5) is 4.39 Å². The lowest BCUT2D eigenvalue weighted by Crippen LogP contribution is -2.03. The summed E-state index contributed by atoms with van der Waals surface area (Å²) in [5.41, 5.74) is 6.26. The van der Waals surface area contributed by atoms with Crippen LogP contribution < -0.4 is 5.73 Å². The third kappa shape index (κ3) is 4.97. The SMILES string of the molecule is C=C/C(=C\N=C(C)N)OCc1ccc(F)cc1. The fourth-order valence-electron chi connectivity index (χ4n) is 1.06. The molecule has 0 atom stereocenters. The standard InChI is InChI=1S/C13H15FN2O/c1-3-13(8-16-10(2)15)17-9-11-4-6-12(14)7-5-11/h3-8H,1,9H2,2H3,(H2,15,16)/b13-8+. The van der Waals surface area contributed by atoms with E-state index in [0.717, 1.165) is 5.56 Å². The highest BCUT2D eigenvalue weighted by molar-refractivity contribution is 5.78. The van der Waals surface area contributed by atoms with Crippen LogP contribution in [0.15, 0.2) is 53.9 Å². The van der Waals surface area contributed by atoms with Crippen LogP contribution in [0.25, 0.3) is 0 Å². The number of rotatable bonds is 5. The first-order valence-corrected chi connectivity index (χ1v) is 5.11. The van der Waals surface area contributed by atoms with Crippen LogP contribution in [0.5, 0.6) is 0 Å². The van der Waals surface area contributed by atoms with Gasteiger partial charge >= 0.3 is 0 Å². The molecule has 2 N–H and O–H groups in total. The number of hydrogen-bond acceptors (Lipinski definition) is 2. The second-order valence-corrected chi connectivity index (χ2v) is 3.42. The summed E-state index contributed by atoms with van der Waals surface area (Å²) in [5, 5.41) is 0. The molecule has 4 heteroatoms. The van der Waals surface area contributed by atoms with Crippen LogP contribution in [0, 0.1) is 5.82 Å². The van der Waals surface area contributed by atoms with Crippen LogP contribution >= 0.6 is 0 Å². The largest absolute Gasteiger partial charge is 0.487 e. The average Bonchev–Trinajstić information content (AvgIpc) is 2.31. The lowest BCUT2D eigenvalue weighted by atomic mass is 10.2. The maximum atomic E-state index is 12.7. The van der Waals surface area contributed by atoms with Gasteiger partial charge in [0.2, 0.25) is 0 Å². The van der Waals surface area contributed by atoms with Crippen molar-refractivity contribution in [2.45, 2.75) is 13.5 Å². The van der Waals surface area contributed by atoms with Crippen molar-refractivity contribution >= 4 is 5.84 Å². The van der Waals surface area contributed by atoms with Crippen molar-refractivity contribution < 1.29 is 9.13 Å². The van der Waals surface area contributed by atoms with Crippen molar-refractivity contribution in [1.82, 2.24) is 0 Å². The molecule has 0 amide bonds. The van der Waals surface area contributed by atoms with E-state index in [0.29, 0.717) is 18.2 Å². The van der Waals surface area contributed by atoms with Crippen molar-refractivity contribution in [2.24, 2.45) is 10.7 Å². The molecule has 0 unspecified atom stereocenters. The first kappa shape index (κ1) is 13.0. The fraction of sp³-hybridized carbons (Fsp3) is 0.154. The third-order valence-electron chi connectivity index (χ3n) is 1.92. The minimum absolute atomic E-state index is 0.267. The molecule has 0 fully saturated rings. The minimum Gasteiger partial charge on any atom is -0.487 e. The Morgan fingerprint density at radius 1 is 1.47 bits per heavy atom. The topological polar surface area (TPSA) is 47.6 Å². The Morgan fingerprint density at radius 2 is 2.12 bits per heavy atom. The zero-order chi connectivity index (χ0) is 12.7. The van der Waals surface area contributed by atoms with Gasteiger partial charge < -0.3 is 10.5 Å². The maximum Gasteiger partial charge on any atom is 0.137 e. The van der Waals surface area contributed by atoms with Crippen LogP contribution in [0.1, 0.15) is 12.5 Å². The highest BCUT2D eigenvalue weighted by Crippen LogP contribution is 2.08. The van der Waals surface area contributed by atoms with E-state index in [4.69, 9.17) is 10.5 Å². The van der Waals surface area contributed by atoms with Gasteiger partial charge in [-0.3, -0.25) is 0 Å². The summed E-state index contributed by atoms with van der Waals surface area (Å²) in [5.74, 6) is 0.686. The Bertz CT molecular complexity index is 431. The molecule has 0 heterocycles. The third-order valence-corrected chi connectivity index (χ3v) is 1.92. The maximum absolute atomic E-state index is 12.7. The summed E-state index contributed by atoms with van der Waals surface area (Å²) >= 11 is 0. The molecule has 90 valence electrons. The summed E-state index contributed by atoms with van der Waals surface area (Å²) in [6, 6.07) is 6.09. The minimum atomic E-state index is -0.267. The molecule has 0 spiro atoms. The number of allylic oxidation sites excluding steroid dienone is 1. The molecule has 0 saturated carbocycles. The van der Waals surface area contributed by atoms with Gasteiger partial charge in [0, 0.05) is 0 Å². The van der Waals surface area contributed by atoms with Gasteiger partial charge in [-0.05, 0) is 30.7 Å². The molecule has 1 rings (SSSR count). The number of amidine groups is 1. The molecule has 0 radical (unpaired) electrons. The van der Waals surface area contributed by atoms with Gasteiger partial charge in [0.25, 0.3) is 0 Å². The quantitative estimate of drug-likeness (QED) is 0.368. The molecule has 0 aliphatic carbocycles. The summed E-state index contributed by atoms with van der Waals surface area (Å²) in [7, 11) is 0. The summed E-state index contributed by atoms with van der Waals surface area (Å²) in [6.07, 6.45) is 3.03. The Labute approximate surface area is 100 Å². The molecule has 0 saturated heterocycles. The first-order chi connectivity index (χ1) is 8.11. The van der Waals surface area contributed by atoms with Gasteiger partial charge in [-0.25, -0.2) is 9.38 Å². The van der Waals surface area contributed by atoms with Crippen LogP contribution in [-0.2, 0) is 11.3 Å². The van der Waals surface area contributed by atoms with E-state index < -0.39 is 0 Å². The molecule has 3 nitrogen and oxygen atoms in total. The van der Waals surface area contributed by atoms with Gasteiger partial charge in [0.15, 0.2) is 0 Å². The van der Waals surface area contributed by atoms with E-state index >= 15 is 0 Å². The summed E-state index contributed by atoms with van der Waals surface area (Å²) < 4.78 is 18.1. The number of hydrogen-bond donors (Lipinski definition) is 1. The predicted molar refractivity (Wildman–Crippen MR) is 66.8 cm³/mol. The molecule has 1 aromatic carbocycles. The molecular weight excluding hydrogens is 219 g/mol. The Morgan fingerprint density at radius 3 is 2.65 bits per heavy atom. The van der Waals surface area contributed by atoms with Crippen molar-refractivity contribution in [2.75, 3.05) is 0 Å². The van der Waals surface area contributed by atoms with E-state index in [2.05, 4.69) is 11.6 Å². The smallest absolute Gasteiger partial charge is 0.137 e. The number of ether oxygens (including phenoxy) is 1. The lowest BCUT2D eigenvalue weighted by molar-refractivity contribution is 0.210. The lowest BCUT2D eigenvalue weighted by Gasteiger charge is -2.05. The zero-order valence-corrected chi connectivity index (χ0v) is 9.69. The van der Waals surface area contributed by atoms with E-state index in [9.17, 15) is 4.39 Å². The monoisotopic (exact) mass is 234 g/mol. The Balaban J connectivity index is 2.59. The number of benzene rings is 1. The molecule has 0 aliphatic heterocycles. The number of nitrogens with zero attached hydrogens (tertiary/aromatic N) is 1. The van der Waals surface area contributed by atoms with Crippen LogP contribution in [0.3, 0.4) is 0 Å². The predicted octanol–water partition coefficient (Wildman–Crippen LogP) is 2.75. The van der Waals surface area contributed by atoms with Gasteiger partial charge in [0.1, 0.15) is 18.2 Å². The summed E-state index contributed by atoms with van der Waals surface area (Å²) in [4.78, 5) is 3.90. The summed E-state index contributed by atoms with van der Waals surface area (Å²) in [6.45, 7) is 5.61. The van der Waals surface area contributed by atoms with Crippen LogP contribution in [-0.4, -0.2) is 5.84 Å². The second kappa shape index (κ2) is 6.48. The number of aliphatic imine (C=N–C) groups is 1. The van der Waals surface area contributed by atoms with Crippen molar-refractivity contribution in [1.29, 1.82) is 0 Å². The molecule has 17 heavy (non-hydrogen) atoms. The van der Waals surface area contributed by atoms with Gasteiger partial charge in [-0.15, -0.1) is 0 Å². The zero-order valence-electron chi connectivity index (χ0n) is 9.69. The van der Waals surface area contributed by atoms with Crippen molar-refractivity contribution in [3.05, 3.63) is 60.3 Å². The molecular formula is C13H15FN2O. The van der Waals surface area contributed by atoms with Gasteiger partial charge in [-0.1, -0.05) is 18.7 Å². The highest BCUT2D eigenvalue weighted by atomic mass is 19.1. The Kier molecular flexibility index (Phi) is 4.94. The molecule has 0 aromatic heterocycles. The van der Waals surface area contributed by atoms with Crippen LogP contribution in [0.2, 0.25) is 0 Å². The fourth-order valence-corrected chi connectivity index (χ4v) is 1.06. The first-order valence-electron chi connectivity index (χ1n) is 5.11. The molecule has 0 bridgehead atoms. The second-order valence-electron chi connectivity index (χ2n) is 3.42. The van der Waals surface area contributed by atoms with Crippen molar-refractivity contribution in [3.63, 3.8) is 0 Å². The van der Waals surface area contributed by atoms with E-state index in [1.165, 1.54) is 24.4 Å². The van der Waals surface area contributed by atoms with Crippen molar-refractivity contribution in [3.8, 4) is 0 Å². The van der Waals surface area contributed by atoms with Gasteiger partial charge in [0.05, 0.1) is 12.0 Å². The van der Waals surface area contributed by atoms with E-state index in [-0.39, 0.29) is 5.82 Å². The number of halogens is 1. The average molecular weight is 234 g/mol. The molecule has 0 aliphatic rings. The highest BCUT2D eigenvalue weighted by Gasteiger charge is 1.96. The Hall–Kier alpha value is -2.10. The normalized spacial score (nSPS) is 12.4. The van der Waals surface area contributed by atoms with E-state index in [1.807, 2.05) is 0 Å².